The molecule has 0 aromatic heterocycles. The van der Waals surface area contributed by atoms with Crippen molar-refractivity contribution in [1.82, 2.24) is 4.90 Å². The Balaban J connectivity index is 1.76. The molecule has 25 heavy (non-hydrogen) atoms. The molecule has 0 aliphatic carbocycles. The number of hydrogen-bond donors (Lipinski definition) is 0. The molecule has 1 heterocycles. The molecule has 1 atom stereocenters. The summed E-state index contributed by atoms with van der Waals surface area (Å²) in [6.45, 7) is 5.08. The Bertz CT molecular complexity index is 691. The number of halogens is 1. The molecule has 1 saturated heterocycles. The van der Waals surface area contributed by atoms with Gasteiger partial charge in [0.15, 0.2) is 0 Å². The molecule has 0 radical (unpaired) electrons. The number of nitrogens with zero attached hydrogens (tertiary/aromatic N) is 2. The zero-order valence-corrected chi connectivity index (χ0v) is 14.4. The predicted molar refractivity (Wildman–Crippen MR) is 95.9 cm³/mol. The van der Waals surface area contributed by atoms with Crippen LogP contribution in [0.4, 0.5) is 10.1 Å². The molecule has 4 nitrogen and oxygen atoms in total. The van der Waals surface area contributed by atoms with Gasteiger partial charge in [0.2, 0.25) is 0 Å². The molecule has 3 rings (SSSR count). The monoisotopic (exact) mass is 342 g/mol. The van der Waals surface area contributed by atoms with Gasteiger partial charge in [-0.2, -0.15) is 0 Å². The second kappa shape index (κ2) is 8.12. The van der Waals surface area contributed by atoms with E-state index in [0.29, 0.717) is 19.7 Å². The van der Waals surface area contributed by atoms with Crippen LogP contribution in [0.1, 0.15) is 12.5 Å². The normalized spacial score (nSPS) is 18.2. The summed E-state index contributed by atoms with van der Waals surface area (Å²) in [6, 6.07) is 16.1. The Kier molecular flexibility index (Phi) is 5.66. The maximum atomic E-state index is 13.2. The molecule has 2 aromatic carbocycles. The predicted octanol–water partition coefficient (Wildman–Crippen LogP) is 3.08. The molecule has 1 aliphatic rings. The van der Waals surface area contributed by atoms with Gasteiger partial charge in [0.1, 0.15) is 11.9 Å². The van der Waals surface area contributed by atoms with Gasteiger partial charge in [-0.05, 0) is 36.8 Å². The number of carbonyl (C=O) groups excluding carboxylic acids is 1. The van der Waals surface area contributed by atoms with E-state index in [9.17, 15) is 9.18 Å². The first kappa shape index (κ1) is 17.4. The number of hydrogen-bond acceptors (Lipinski definition) is 4. The van der Waals surface area contributed by atoms with Crippen molar-refractivity contribution >= 4 is 11.7 Å². The van der Waals surface area contributed by atoms with E-state index < -0.39 is 0 Å². The number of esters is 1. The standard InChI is InChI=1S/C20H23FN2O2/c1-2-25-20(24)19-15-22(14-16-6-4-3-5-7-16)12-13-23(19)18-10-8-17(21)9-11-18/h3-11,19H,2,12-15H2,1H3. The fourth-order valence-corrected chi connectivity index (χ4v) is 3.21. The van der Waals surface area contributed by atoms with Crippen molar-refractivity contribution in [2.75, 3.05) is 31.1 Å². The van der Waals surface area contributed by atoms with Crippen molar-refractivity contribution in [3.63, 3.8) is 0 Å². The first-order valence-corrected chi connectivity index (χ1v) is 8.62. The van der Waals surface area contributed by atoms with Crippen LogP contribution in [0.25, 0.3) is 0 Å². The Morgan fingerprint density at radius 1 is 1.12 bits per heavy atom. The number of rotatable bonds is 5. The molecule has 0 saturated carbocycles. The summed E-state index contributed by atoms with van der Waals surface area (Å²) < 4.78 is 18.5. The van der Waals surface area contributed by atoms with Gasteiger partial charge in [-0.1, -0.05) is 30.3 Å². The Morgan fingerprint density at radius 3 is 2.52 bits per heavy atom. The number of piperazine rings is 1. The van der Waals surface area contributed by atoms with Gasteiger partial charge in [0, 0.05) is 31.9 Å². The summed E-state index contributed by atoms with van der Waals surface area (Å²) in [5.41, 5.74) is 2.07. The molecule has 0 N–H and O–H groups in total. The van der Waals surface area contributed by atoms with Crippen molar-refractivity contribution in [3.05, 3.63) is 66.0 Å². The Morgan fingerprint density at radius 2 is 1.84 bits per heavy atom. The third-order valence-electron chi connectivity index (χ3n) is 4.43. The van der Waals surface area contributed by atoms with Crippen molar-refractivity contribution in [3.8, 4) is 0 Å². The minimum absolute atomic E-state index is 0.232. The van der Waals surface area contributed by atoms with E-state index in [0.717, 1.165) is 18.8 Å². The van der Waals surface area contributed by atoms with Crippen LogP contribution in [0.3, 0.4) is 0 Å². The molecule has 5 heteroatoms. The van der Waals surface area contributed by atoms with Gasteiger partial charge in [0.05, 0.1) is 6.61 Å². The van der Waals surface area contributed by atoms with Crippen LogP contribution in [0.2, 0.25) is 0 Å². The molecular weight excluding hydrogens is 319 g/mol. The molecule has 132 valence electrons. The largest absolute Gasteiger partial charge is 0.464 e. The molecule has 2 aromatic rings. The maximum Gasteiger partial charge on any atom is 0.330 e. The van der Waals surface area contributed by atoms with Crippen molar-refractivity contribution in [1.29, 1.82) is 0 Å². The van der Waals surface area contributed by atoms with Crippen LogP contribution in [-0.4, -0.2) is 43.2 Å². The van der Waals surface area contributed by atoms with E-state index >= 15 is 0 Å². The van der Waals surface area contributed by atoms with Gasteiger partial charge in [-0.25, -0.2) is 9.18 Å². The van der Waals surface area contributed by atoms with Crippen molar-refractivity contribution in [2.45, 2.75) is 19.5 Å². The highest BCUT2D eigenvalue weighted by atomic mass is 19.1. The fraction of sp³-hybridized carbons (Fsp3) is 0.350. The molecule has 0 bridgehead atoms. The topological polar surface area (TPSA) is 32.8 Å². The fourth-order valence-electron chi connectivity index (χ4n) is 3.21. The van der Waals surface area contributed by atoms with E-state index in [4.69, 9.17) is 4.74 Å². The second-order valence-electron chi connectivity index (χ2n) is 6.16. The average molecular weight is 342 g/mol. The smallest absolute Gasteiger partial charge is 0.330 e. The minimum Gasteiger partial charge on any atom is -0.464 e. The third-order valence-corrected chi connectivity index (χ3v) is 4.43. The molecule has 0 spiro atoms. The Labute approximate surface area is 147 Å². The number of carbonyl (C=O) groups is 1. The maximum absolute atomic E-state index is 13.2. The molecule has 0 amide bonds. The van der Waals surface area contributed by atoms with E-state index in [1.807, 2.05) is 30.0 Å². The zero-order valence-electron chi connectivity index (χ0n) is 14.4. The van der Waals surface area contributed by atoms with Crippen LogP contribution in [-0.2, 0) is 16.1 Å². The van der Waals surface area contributed by atoms with Gasteiger partial charge in [-0.3, -0.25) is 4.90 Å². The summed E-state index contributed by atoms with van der Waals surface area (Å²) in [6.07, 6.45) is 0. The third kappa shape index (κ3) is 4.37. The first-order chi connectivity index (χ1) is 12.2. The average Bonchev–Trinajstić information content (AvgIpc) is 2.63. The van der Waals surface area contributed by atoms with Crippen LogP contribution in [0.5, 0.6) is 0 Å². The molecule has 1 aliphatic heterocycles. The summed E-state index contributed by atoms with van der Waals surface area (Å²) in [4.78, 5) is 16.8. The second-order valence-corrected chi connectivity index (χ2v) is 6.16. The van der Waals surface area contributed by atoms with Gasteiger partial charge < -0.3 is 9.64 Å². The van der Waals surface area contributed by atoms with E-state index in [2.05, 4.69) is 17.0 Å². The van der Waals surface area contributed by atoms with Crippen molar-refractivity contribution < 1.29 is 13.9 Å². The molecule has 1 unspecified atom stereocenters. The lowest BCUT2D eigenvalue weighted by atomic mass is 10.1. The summed E-state index contributed by atoms with van der Waals surface area (Å²) in [5.74, 6) is -0.510. The summed E-state index contributed by atoms with van der Waals surface area (Å²) >= 11 is 0. The van der Waals surface area contributed by atoms with Crippen LogP contribution in [0.15, 0.2) is 54.6 Å². The van der Waals surface area contributed by atoms with Crippen LogP contribution in [0, 0.1) is 5.82 Å². The lowest BCUT2D eigenvalue weighted by molar-refractivity contribution is -0.145. The van der Waals surface area contributed by atoms with Crippen molar-refractivity contribution in [2.24, 2.45) is 0 Å². The SMILES string of the molecule is CCOC(=O)C1CN(Cc2ccccc2)CCN1c1ccc(F)cc1. The van der Waals surface area contributed by atoms with E-state index in [-0.39, 0.29) is 17.8 Å². The first-order valence-electron chi connectivity index (χ1n) is 8.62. The van der Waals surface area contributed by atoms with E-state index in [1.54, 1.807) is 12.1 Å². The van der Waals surface area contributed by atoms with Gasteiger partial charge in [-0.15, -0.1) is 0 Å². The lowest BCUT2D eigenvalue weighted by Crippen LogP contribution is -2.56. The molecule has 1 fully saturated rings. The minimum atomic E-state index is -0.386. The number of anilines is 1. The van der Waals surface area contributed by atoms with Gasteiger partial charge in [0.25, 0.3) is 0 Å². The quantitative estimate of drug-likeness (QED) is 0.782. The highest BCUT2D eigenvalue weighted by molar-refractivity contribution is 5.80. The number of ether oxygens (including phenoxy) is 1. The Hall–Kier alpha value is -2.40. The summed E-state index contributed by atoms with van der Waals surface area (Å²) in [5, 5.41) is 0. The van der Waals surface area contributed by atoms with Crippen LogP contribution < -0.4 is 4.90 Å². The zero-order chi connectivity index (χ0) is 17.6. The molecular formula is C20H23FN2O2. The van der Waals surface area contributed by atoms with E-state index in [1.165, 1.54) is 17.7 Å². The highest BCUT2D eigenvalue weighted by Gasteiger charge is 2.33. The van der Waals surface area contributed by atoms with Gasteiger partial charge >= 0.3 is 5.97 Å². The van der Waals surface area contributed by atoms with Crippen LogP contribution >= 0.6 is 0 Å². The summed E-state index contributed by atoms with van der Waals surface area (Å²) in [7, 11) is 0. The number of benzene rings is 2. The highest BCUT2D eigenvalue weighted by Crippen LogP contribution is 2.23. The lowest BCUT2D eigenvalue weighted by Gasteiger charge is -2.41.